The van der Waals surface area contributed by atoms with E-state index in [9.17, 15) is 52.7 Å². The molecular formula is C108H155N9O19S12. The molecule has 12 aromatic rings. The number of amides is 4. The number of esters is 1. The predicted octanol–water partition coefficient (Wildman–Crippen LogP) is 24.6. The second-order valence-corrected chi connectivity index (χ2v) is 48.5. The summed E-state index contributed by atoms with van der Waals surface area (Å²) in [5.74, 6) is -0.147. The minimum Gasteiger partial charge on any atom is -0.481 e. The standard InChI is InChI=1S/C12H19NO3S.C11H17NOS.C10H18N2S.2C9H13NO2S.C9H12O2S.C9H12OS.C8H11NO2S.C8H11NOS.C8H10O2S.C8H10OS.C6H7NOS.CH2O/c1-10-4-5-11(17-10)12(14)13(6-8-15-2)7-9-16-3;1-9-6-7-11(14-9)10(13)5-4-8-12(2)3;1-9-5-6-10(13-9)11-7-4-8-12(2)3;1-7-4-5-8(13-7)9(11)10(2)6-12-3;1-7-3-4-8(13-7)10-6-5-9(11)12-2;1-7-4-5-9(12-7)8(11)3-2-6-10;1-3-4-8(10)9-6-5-7(2)11-9;1-6-2-3-7(12-6)9-5-4-8(10)11;1-6-4-5-7(11-6)8(10)9(2)3;1-6-2-3-8(11-6)7(10)4-5-9;1-3-7(9)8-5-4-6(2)10-8;1-4-2-3-5(9-4)6(7)8;1-2/h4-5H,6-9H2,1-3H3;6-7H,4-5,8H2,1-3H3;5-6,11H,4,7-8H2,1-3H3;4-5H,6H2,1-3H3;3-4,10H,5-6H2,1-2H3;4-5,10H,2-3,6H2,1H3;5-6H,3-4H2,1-2H3;2-3,9H,4-5H2,1H3,(H,10,11);4-5H,1-3H3;2-3,9H,4-5H2,1H3;4-5H,3H2,1-2H3;2-3H,1H3,(H2,7,8);1H2. The molecule has 0 aliphatic rings. The number of Topliss-reactive ketones (excluding diaryl/α,β-unsaturated/α-hetero) is 5. The summed E-state index contributed by atoms with van der Waals surface area (Å²) in [5, 5.41) is 38.4. The molecule has 0 aliphatic heterocycles. The number of carbonyl (C=O) groups is 12. The van der Waals surface area contributed by atoms with E-state index in [4.69, 9.17) is 40.1 Å². The van der Waals surface area contributed by atoms with Gasteiger partial charge in [-0.05, 0) is 296 Å². The molecule has 12 aromatic heterocycles. The lowest BCUT2D eigenvalue weighted by Crippen LogP contribution is -2.36. The molecule has 0 fully saturated rings. The van der Waals surface area contributed by atoms with Gasteiger partial charge in [0.2, 0.25) is 0 Å². The first-order valence-corrected chi connectivity index (χ1v) is 57.3. The van der Waals surface area contributed by atoms with Crippen molar-refractivity contribution in [2.45, 2.75) is 168 Å². The Morgan fingerprint density at radius 1 is 0.324 bits per heavy atom. The fraction of sp³-hybridized carbons (Fsp3) is 0.444. The van der Waals surface area contributed by atoms with Crippen LogP contribution in [-0.2, 0) is 33.3 Å². The number of hydrogen-bond acceptors (Lipinski definition) is 35. The Morgan fingerprint density at radius 3 is 0.899 bits per heavy atom. The van der Waals surface area contributed by atoms with Gasteiger partial charge in [-0.1, -0.05) is 13.8 Å². The highest BCUT2D eigenvalue weighted by atomic mass is 32.1. The number of hydrogen-bond donors (Lipinski definition) is 7. The lowest BCUT2D eigenvalue weighted by molar-refractivity contribution is -0.140. The summed E-state index contributed by atoms with van der Waals surface area (Å²) in [6, 6.07) is 46.6. The first-order valence-electron chi connectivity index (χ1n) is 47.5. The van der Waals surface area contributed by atoms with Gasteiger partial charge < -0.3 is 85.2 Å². The fourth-order valence-electron chi connectivity index (χ4n) is 11.3. The van der Waals surface area contributed by atoms with Crippen LogP contribution < -0.4 is 21.7 Å². The summed E-state index contributed by atoms with van der Waals surface area (Å²) >= 11 is 18.9. The van der Waals surface area contributed by atoms with Crippen LogP contribution in [-0.4, -0.2) is 268 Å². The SMILES string of the molecule is C=O.CCC(=O)c1ccc(C)s1.CCCC(=O)c1ccc(C)s1.COC(=O)CCNc1ccc(C)s1.COCCN(CCOC)C(=O)c1ccc(C)s1.COCN(C)C(=O)c1ccc(C)s1.Cc1ccc(C(=O)CCCN(C)C)s1.Cc1ccc(C(=O)CCCO)s1.Cc1ccc(C(=O)CCO)s1.Cc1ccc(C(=O)N(C)C)s1.Cc1ccc(C(N)=O)s1.Cc1ccc(NCCC(=O)O)s1.Cc1ccc(NCCCN(C)C)s1. The van der Waals surface area contributed by atoms with Crippen molar-refractivity contribution < 1.29 is 91.8 Å². The zero-order chi connectivity index (χ0) is 112. The van der Waals surface area contributed by atoms with Crippen LogP contribution >= 0.6 is 136 Å². The molecule has 40 heteroatoms. The number of nitrogens with one attached hydrogen (secondary N) is 3. The van der Waals surface area contributed by atoms with E-state index < -0.39 is 5.97 Å². The highest BCUT2D eigenvalue weighted by Crippen LogP contribution is 2.27. The number of anilines is 3. The van der Waals surface area contributed by atoms with Gasteiger partial charge >= 0.3 is 11.9 Å². The molecule has 0 spiro atoms. The highest BCUT2D eigenvalue weighted by Gasteiger charge is 2.19. The third-order valence-corrected chi connectivity index (χ3v) is 31.0. The van der Waals surface area contributed by atoms with Crippen molar-refractivity contribution in [2.24, 2.45) is 5.73 Å². The van der Waals surface area contributed by atoms with Crippen molar-refractivity contribution in [1.29, 1.82) is 0 Å². The van der Waals surface area contributed by atoms with E-state index >= 15 is 0 Å². The Hall–Kier alpha value is -9.64. The first kappa shape index (κ1) is 138. The number of aliphatic carboxylic acids is 1. The Bertz CT molecular complexity index is 5650. The van der Waals surface area contributed by atoms with E-state index in [0.29, 0.717) is 89.5 Å². The minimum absolute atomic E-state index is 0.0138. The molecule has 8 N–H and O–H groups in total. The van der Waals surface area contributed by atoms with Gasteiger partial charge in [0.1, 0.15) is 13.5 Å². The largest absolute Gasteiger partial charge is 0.481 e. The number of carbonyl (C=O) groups excluding carboxylic acids is 11. The van der Waals surface area contributed by atoms with Crippen molar-refractivity contribution in [3.63, 3.8) is 0 Å². The number of methoxy groups -OCH3 is 4. The van der Waals surface area contributed by atoms with E-state index in [1.54, 1.807) is 126 Å². The number of nitrogens with zero attached hydrogens (tertiary/aromatic N) is 5. The van der Waals surface area contributed by atoms with Crippen molar-refractivity contribution in [2.75, 3.05) is 173 Å². The third kappa shape index (κ3) is 64.8. The van der Waals surface area contributed by atoms with Crippen LogP contribution in [0.25, 0.3) is 0 Å². The summed E-state index contributed by atoms with van der Waals surface area (Å²) in [7, 11) is 19.8. The second-order valence-electron chi connectivity index (χ2n) is 33.0. The lowest BCUT2D eigenvalue weighted by Gasteiger charge is -2.21. The zero-order valence-corrected chi connectivity index (χ0v) is 100. The fourth-order valence-corrected chi connectivity index (χ4v) is 21.2. The van der Waals surface area contributed by atoms with Gasteiger partial charge in [0, 0.05) is 172 Å². The maximum Gasteiger partial charge on any atom is 0.307 e. The number of aliphatic hydroxyl groups excluding tert-OH is 2. The molecule has 0 aromatic carbocycles. The van der Waals surface area contributed by atoms with Gasteiger partial charge in [0.05, 0.1) is 98.7 Å². The number of primary amides is 1. The van der Waals surface area contributed by atoms with Crippen LogP contribution in [0.4, 0.5) is 15.0 Å². The highest BCUT2D eigenvalue weighted by molar-refractivity contribution is 7.18. The second kappa shape index (κ2) is 82.1. The Labute approximate surface area is 924 Å². The van der Waals surface area contributed by atoms with Crippen LogP contribution in [0, 0.1) is 83.1 Å². The molecule has 0 unspecified atom stereocenters. The molecule has 0 saturated heterocycles. The summed E-state index contributed by atoms with van der Waals surface area (Å²) in [4.78, 5) is 162. The van der Waals surface area contributed by atoms with Crippen molar-refractivity contribution in [3.8, 4) is 0 Å². The number of carboxylic acids is 1. The number of rotatable bonds is 42. The van der Waals surface area contributed by atoms with Crippen LogP contribution in [0.5, 0.6) is 0 Å². The van der Waals surface area contributed by atoms with Crippen molar-refractivity contribution in [1.82, 2.24) is 24.5 Å². The normalized spacial score (nSPS) is 10.0. The maximum absolute atomic E-state index is 12.2. The van der Waals surface area contributed by atoms with E-state index in [1.807, 2.05) is 237 Å². The number of aliphatic hydroxyl groups is 2. The summed E-state index contributed by atoms with van der Waals surface area (Å²) in [5.41, 5.74) is 5.00. The lowest BCUT2D eigenvalue weighted by atomic mass is 10.2. The Morgan fingerprint density at radius 2 is 0.622 bits per heavy atom. The molecule has 0 aliphatic carbocycles. The molecule has 818 valence electrons. The van der Waals surface area contributed by atoms with Gasteiger partial charge in [0.25, 0.3) is 23.6 Å². The smallest absolute Gasteiger partial charge is 0.307 e. The number of nitrogens with two attached hydrogens (primary N) is 1. The number of aryl methyl sites for hydroxylation is 12. The molecule has 0 saturated carbocycles. The van der Waals surface area contributed by atoms with Gasteiger partial charge in [-0.2, -0.15) is 0 Å². The molecule has 12 heterocycles. The van der Waals surface area contributed by atoms with Gasteiger partial charge in [-0.15, -0.1) is 136 Å². The minimum atomic E-state index is -0.768. The average Bonchev–Trinajstić information content (AvgIpc) is 1.78. The van der Waals surface area contributed by atoms with E-state index in [2.05, 4.69) is 70.6 Å². The molecule has 148 heavy (non-hydrogen) atoms. The van der Waals surface area contributed by atoms with E-state index in [1.165, 1.54) is 121 Å². The van der Waals surface area contributed by atoms with Crippen molar-refractivity contribution in [3.05, 3.63) is 248 Å². The van der Waals surface area contributed by atoms with E-state index in [-0.39, 0.29) is 84.6 Å². The molecule has 0 radical (unpaired) electrons. The quantitative estimate of drug-likeness (QED) is 0.00808. The molecular weight excluding hydrogens is 2110 g/mol. The topological polar surface area (TPSA) is 381 Å². The van der Waals surface area contributed by atoms with Crippen LogP contribution in [0.15, 0.2) is 146 Å². The Kier molecular flexibility index (Phi) is 76.8. The molecule has 12 rings (SSSR count). The first-order chi connectivity index (χ1) is 70.3. The number of ether oxygens (including phenoxy) is 4. The number of carboxylic acid groups (broad SMARTS) is 1. The van der Waals surface area contributed by atoms with Crippen LogP contribution in [0.2, 0.25) is 0 Å². The molecule has 4 amide bonds. The van der Waals surface area contributed by atoms with Gasteiger partial charge in [0.15, 0.2) is 28.9 Å². The molecule has 0 atom stereocenters. The Balaban J connectivity index is 0.00000159. The maximum atomic E-state index is 12.2. The zero-order valence-electron chi connectivity index (χ0n) is 90.4. The summed E-state index contributed by atoms with van der Waals surface area (Å²) in [6.07, 6.45) is 6.87. The monoisotopic (exact) mass is 2270 g/mol. The molecule has 0 bridgehead atoms. The number of ketones is 5. The van der Waals surface area contributed by atoms with Crippen LogP contribution in [0.3, 0.4) is 0 Å². The molecule has 28 nitrogen and oxygen atoms in total. The summed E-state index contributed by atoms with van der Waals surface area (Å²) < 4.78 is 19.4. The van der Waals surface area contributed by atoms with E-state index in [0.717, 1.165) is 106 Å². The average molecular weight is 2270 g/mol. The number of thiophene rings is 12. The van der Waals surface area contributed by atoms with Crippen LogP contribution in [0.1, 0.15) is 230 Å². The summed E-state index contributed by atoms with van der Waals surface area (Å²) in [6.45, 7) is 37.0. The predicted molar refractivity (Wildman–Crippen MR) is 626 cm³/mol. The van der Waals surface area contributed by atoms with Gasteiger partial charge in [-0.3, -0.25) is 52.7 Å². The van der Waals surface area contributed by atoms with Gasteiger partial charge in [-0.25, -0.2) is 0 Å². The third-order valence-electron chi connectivity index (χ3n) is 18.9. The van der Waals surface area contributed by atoms with Crippen molar-refractivity contribution >= 4 is 222 Å².